The van der Waals surface area contributed by atoms with Gasteiger partial charge in [-0.2, -0.15) is 0 Å². The quantitative estimate of drug-likeness (QED) is 0.929. The van der Waals surface area contributed by atoms with Crippen LogP contribution in [-0.2, 0) is 16.1 Å². The number of aryl methyl sites for hydroxylation is 1. The van der Waals surface area contributed by atoms with E-state index >= 15 is 0 Å². The Morgan fingerprint density at radius 1 is 1.52 bits per heavy atom. The maximum atomic E-state index is 12.6. The molecule has 7 heteroatoms. The van der Waals surface area contributed by atoms with Crippen LogP contribution in [0.5, 0.6) is 0 Å². The number of nitrogens with one attached hydrogen (secondary N) is 1. The van der Waals surface area contributed by atoms with Crippen LogP contribution in [0.15, 0.2) is 35.3 Å². The Kier molecular flexibility index (Phi) is 4.95. The van der Waals surface area contributed by atoms with Crippen LogP contribution in [0.1, 0.15) is 11.3 Å². The Morgan fingerprint density at radius 2 is 2.39 bits per heavy atom. The summed E-state index contributed by atoms with van der Waals surface area (Å²) < 4.78 is 10.5. The van der Waals surface area contributed by atoms with Crippen molar-refractivity contribution in [2.24, 2.45) is 0 Å². The maximum absolute atomic E-state index is 12.6. The van der Waals surface area contributed by atoms with Crippen LogP contribution in [-0.4, -0.2) is 41.6 Å². The molecule has 0 bridgehead atoms. The fourth-order valence-electron chi connectivity index (χ4n) is 2.54. The van der Waals surface area contributed by atoms with E-state index in [0.717, 1.165) is 16.9 Å². The fourth-order valence-corrected chi connectivity index (χ4v) is 2.66. The van der Waals surface area contributed by atoms with Gasteiger partial charge in [-0.3, -0.25) is 9.69 Å². The summed E-state index contributed by atoms with van der Waals surface area (Å²) in [6.45, 7) is 4.08. The molecule has 1 aliphatic heterocycles. The number of hydrogen-bond donors (Lipinski definition) is 1. The Balaban J connectivity index is 1.69. The molecule has 6 nitrogen and oxygen atoms in total. The standard InChI is InChI=1S/C16H18ClN3O3/c1-11-6-12(2-3-14(11)17)19-16(21)15-9-22-5-4-20(15)7-13-8-23-10-18-13/h2-3,6,8,10,15H,4-5,7,9H2,1H3,(H,19,21)/t15-/m0/s1. The molecule has 0 spiro atoms. The van der Waals surface area contributed by atoms with Crippen molar-refractivity contribution in [2.75, 3.05) is 25.1 Å². The summed E-state index contributed by atoms with van der Waals surface area (Å²) in [6, 6.07) is 5.05. The minimum atomic E-state index is -0.364. The topological polar surface area (TPSA) is 67.6 Å². The first-order valence-electron chi connectivity index (χ1n) is 7.39. The lowest BCUT2D eigenvalue weighted by molar-refractivity contribution is -0.127. The smallest absolute Gasteiger partial charge is 0.244 e. The van der Waals surface area contributed by atoms with Crippen LogP contribution in [0.25, 0.3) is 0 Å². The van der Waals surface area contributed by atoms with E-state index in [2.05, 4.69) is 10.3 Å². The number of nitrogens with zero attached hydrogens (tertiary/aromatic N) is 2. The lowest BCUT2D eigenvalue weighted by Crippen LogP contribution is -2.51. The molecule has 0 radical (unpaired) electrons. The number of halogens is 1. The average molecular weight is 336 g/mol. The Labute approximate surface area is 139 Å². The van der Waals surface area contributed by atoms with E-state index in [4.69, 9.17) is 20.8 Å². The van der Waals surface area contributed by atoms with Gasteiger partial charge < -0.3 is 14.5 Å². The number of hydrogen-bond acceptors (Lipinski definition) is 5. The van der Waals surface area contributed by atoms with Crippen molar-refractivity contribution in [1.82, 2.24) is 9.88 Å². The van der Waals surface area contributed by atoms with Gasteiger partial charge in [0.15, 0.2) is 6.39 Å². The fraction of sp³-hybridized carbons (Fsp3) is 0.375. The average Bonchev–Trinajstić information content (AvgIpc) is 3.04. The highest BCUT2D eigenvalue weighted by Crippen LogP contribution is 2.20. The van der Waals surface area contributed by atoms with Gasteiger partial charge in [-0.1, -0.05) is 11.6 Å². The molecule has 1 aromatic carbocycles. The number of carbonyl (C=O) groups excluding carboxylic acids is 1. The van der Waals surface area contributed by atoms with Gasteiger partial charge in [0.1, 0.15) is 12.3 Å². The van der Waals surface area contributed by atoms with E-state index in [1.165, 1.54) is 6.39 Å². The van der Waals surface area contributed by atoms with Crippen molar-refractivity contribution in [2.45, 2.75) is 19.5 Å². The molecule has 1 saturated heterocycles. The van der Waals surface area contributed by atoms with Gasteiger partial charge in [0.2, 0.25) is 5.91 Å². The third-order valence-corrected chi connectivity index (χ3v) is 4.24. The lowest BCUT2D eigenvalue weighted by Gasteiger charge is -2.33. The summed E-state index contributed by atoms with van der Waals surface area (Å²) in [6.07, 6.45) is 2.98. The van der Waals surface area contributed by atoms with Crippen LogP contribution < -0.4 is 5.32 Å². The lowest BCUT2D eigenvalue weighted by atomic mass is 10.1. The van der Waals surface area contributed by atoms with Gasteiger partial charge in [-0.25, -0.2) is 4.98 Å². The summed E-state index contributed by atoms with van der Waals surface area (Å²) >= 11 is 6.01. The van der Waals surface area contributed by atoms with Crippen molar-refractivity contribution < 1.29 is 13.9 Å². The third kappa shape index (κ3) is 3.90. The number of anilines is 1. The van der Waals surface area contributed by atoms with Gasteiger partial charge in [0.05, 0.1) is 18.9 Å². The summed E-state index contributed by atoms with van der Waals surface area (Å²) in [5.74, 6) is -0.102. The monoisotopic (exact) mass is 335 g/mol. The number of benzene rings is 1. The minimum Gasteiger partial charge on any atom is -0.451 e. The number of ether oxygens (including phenoxy) is 1. The van der Waals surface area contributed by atoms with Gasteiger partial charge in [0.25, 0.3) is 0 Å². The molecular formula is C16H18ClN3O3. The van der Waals surface area contributed by atoms with Gasteiger partial charge in [-0.05, 0) is 30.7 Å². The number of aromatic nitrogens is 1. The Bertz CT molecular complexity index is 675. The molecule has 2 heterocycles. The number of oxazole rings is 1. The van der Waals surface area contributed by atoms with Gasteiger partial charge in [0, 0.05) is 23.8 Å². The summed E-state index contributed by atoms with van der Waals surface area (Å²) in [4.78, 5) is 18.7. The number of amides is 1. The molecular weight excluding hydrogens is 318 g/mol. The maximum Gasteiger partial charge on any atom is 0.244 e. The molecule has 0 aliphatic carbocycles. The van der Waals surface area contributed by atoms with Crippen molar-refractivity contribution in [3.8, 4) is 0 Å². The number of morpholine rings is 1. The first-order valence-corrected chi connectivity index (χ1v) is 7.77. The van der Waals surface area contributed by atoms with E-state index in [0.29, 0.717) is 31.3 Å². The molecule has 1 atom stereocenters. The first-order chi connectivity index (χ1) is 11.1. The minimum absolute atomic E-state index is 0.102. The zero-order valence-corrected chi connectivity index (χ0v) is 13.5. The molecule has 3 rings (SSSR count). The van der Waals surface area contributed by atoms with Crippen LogP contribution in [0, 0.1) is 6.92 Å². The normalized spacial score (nSPS) is 18.8. The highest BCUT2D eigenvalue weighted by Gasteiger charge is 2.30. The van der Waals surface area contributed by atoms with Crippen molar-refractivity contribution in [1.29, 1.82) is 0 Å². The van der Waals surface area contributed by atoms with Crippen LogP contribution >= 0.6 is 11.6 Å². The Hall–Kier alpha value is -1.89. The predicted octanol–water partition coefficient (Wildman–Crippen LogP) is 2.48. The SMILES string of the molecule is Cc1cc(NC(=O)[C@@H]2COCCN2Cc2cocn2)ccc1Cl. The third-order valence-electron chi connectivity index (χ3n) is 3.82. The van der Waals surface area contributed by atoms with Gasteiger partial charge in [-0.15, -0.1) is 0 Å². The molecule has 122 valence electrons. The van der Waals surface area contributed by atoms with E-state index in [-0.39, 0.29) is 11.9 Å². The van der Waals surface area contributed by atoms with Crippen LogP contribution in [0.3, 0.4) is 0 Å². The molecule has 0 saturated carbocycles. The highest BCUT2D eigenvalue weighted by molar-refractivity contribution is 6.31. The summed E-state index contributed by atoms with van der Waals surface area (Å²) in [5.41, 5.74) is 2.44. The largest absolute Gasteiger partial charge is 0.451 e. The molecule has 1 aromatic heterocycles. The molecule has 2 aromatic rings. The highest BCUT2D eigenvalue weighted by atomic mass is 35.5. The van der Waals surface area contributed by atoms with Crippen LogP contribution in [0.4, 0.5) is 5.69 Å². The van der Waals surface area contributed by atoms with Crippen molar-refractivity contribution >= 4 is 23.2 Å². The van der Waals surface area contributed by atoms with E-state index < -0.39 is 0 Å². The summed E-state index contributed by atoms with van der Waals surface area (Å²) in [7, 11) is 0. The number of rotatable bonds is 4. The van der Waals surface area contributed by atoms with Crippen molar-refractivity contribution in [3.05, 3.63) is 47.1 Å². The second-order valence-electron chi connectivity index (χ2n) is 5.49. The van der Waals surface area contributed by atoms with E-state index in [1.54, 1.807) is 18.4 Å². The Morgan fingerprint density at radius 3 is 3.13 bits per heavy atom. The van der Waals surface area contributed by atoms with Crippen molar-refractivity contribution in [3.63, 3.8) is 0 Å². The van der Waals surface area contributed by atoms with Gasteiger partial charge >= 0.3 is 0 Å². The molecule has 1 fully saturated rings. The van der Waals surface area contributed by atoms with E-state index in [9.17, 15) is 4.79 Å². The molecule has 1 amide bonds. The molecule has 23 heavy (non-hydrogen) atoms. The zero-order valence-electron chi connectivity index (χ0n) is 12.8. The van der Waals surface area contributed by atoms with E-state index in [1.807, 2.05) is 17.9 Å². The first kappa shape index (κ1) is 16.0. The second kappa shape index (κ2) is 7.12. The molecule has 1 aliphatic rings. The zero-order chi connectivity index (χ0) is 16.2. The molecule has 0 unspecified atom stereocenters. The second-order valence-corrected chi connectivity index (χ2v) is 5.90. The number of carbonyl (C=O) groups is 1. The predicted molar refractivity (Wildman–Crippen MR) is 86.3 cm³/mol. The molecule has 1 N–H and O–H groups in total. The van der Waals surface area contributed by atoms with Crippen LogP contribution in [0.2, 0.25) is 5.02 Å². The summed E-state index contributed by atoms with van der Waals surface area (Å²) in [5, 5.41) is 3.60.